The van der Waals surface area contributed by atoms with Crippen molar-refractivity contribution in [3.8, 4) is 0 Å². The Labute approximate surface area is 158 Å². The molecule has 0 unspecified atom stereocenters. The van der Waals surface area contributed by atoms with E-state index in [4.69, 9.17) is 11.6 Å². The number of nitrogens with zero attached hydrogens (tertiary/aromatic N) is 1. The lowest BCUT2D eigenvalue weighted by molar-refractivity contribution is -0.925. The van der Waals surface area contributed by atoms with E-state index in [1.807, 2.05) is 0 Å². The first-order chi connectivity index (χ1) is 12.4. The fourth-order valence-electron chi connectivity index (χ4n) is 3.58. The number of rotatable bonds is 4. The second-order valence-electron chi connectivity index (χ2n) is 6.80. The quantitative estimate of drug-likeness (QED) is 0.677. The summed E-state index contributed by atoms with van der Waals surface area (Å²) in [5.41, 5.74) is 0.346. The van der Waals surface area contributed by atoms with Crippen LogP contribution in [0.3, 0.4) is 0 Å². The van der Waals surface area contributed by atoms with Crippen molar-refractivity contribution in [2.75, 3.05) is 44.2 Å². The maximum atomic E-state index is 12.3. The monoisotopic (exact) mass is 400 g/mol. The minimum atomic E-state index is -2.88. The van der Waals surface area contributed by atoms with Gasteiger partial charge in [-0.2, -0.15) is 0 Å². The van der Waals surface area contributed by atoms with Crippen molar-refractivity contribution < 1.29 is 22.9 Å². The van der Waals surface area contributed by atoms with Crippen molar-refractivity contribution >= 4 is 33.3 Å². The molecule has 1 atom stereocenters. The maximum absolute atomic E-state index is 12.3. The van der Waals surface area contributed by atoms with Crippen LogP contribution in [0.2, 0.25) is 5.02 Å². The molecule has 0 aliphatic carbocycles. The van der Waals surface area contributed by atoms with Gasteiger partial charge in [-0.1, -0.05) is 23.7 Å². The van der Waals surface area contributed by atoms with Crippen molar-refractivity contribution in [2.45, 2.75) is 12.5 Å². The third-order valence-corrected chi connectivity index (χ3v) is 7.18. The van der Waals surface area contributed by atoms with Crippen LogP contribution >= 0.6 is 11.6 Å². The Hall–Kier alpha value is -1.64. The average Bonchev–Trinajstić information content (AvgIpc) is 3.00. The molecule has 0 saturated carbocycles. The van der Waals surface area contributed by atoms with Gasteiger partial charge in [-0.15, -0.1) is 0 Å². The summed E-state index contributed by atoms with van der Waals surface area (Å²) in [4.78, 5) is 27.4. The van der Waals surface area contributed by atoms with E-state index in [-0.39, 0.29) is 35.9 Å². The van der Waals surface area contributed by atoms with Gasteiger partial charge in [-0.3, -0.25) is 9.59 Å². The van der Waals surface area contributed by atoms with E-state index in [1.165, 1.54) is 4.90 Å². The van der Waals surface area contributed by atoms with Crippen LogP contribution in [0, 0.1) is 0 Å². The summed E-state index contributed by atoms with van der Waals surface area (Å²) in [7, 11) is -2.88. The zero-order valence-corrected chi connectivity index (χ0v) is 16.0. The first-order valence-corrected chi connectivity index (χ1v) is 10.9. The van der Waals surface area contributed by atoms with E-state index < -0.39 is 9.84 Å². The third-order valence-electron chi connectivity index (χ3n) is 5.09. The second kappa shape index (κ2) is 7.94. The normalized spacial score (nSPS) is 23.0. The molecule has 26 heavy (non-hydrogen) atoms. The Kier molecular flexibility index (Phi) is 5.84. The summed E-state index contributed by atoms with van der Waals surface area (Å²) in [6, 6.07) is 6.84. The van der Waals surface area contributed by atoms with Gasteiger partial charge in [0.2, 0.25) is 5.91 Å². The molecule has 2 heterocycles. The Morgan fingerprint density at radius 1 is 1.23 bits per heavy atom. The number of hydrogen-bond donors (Lipinski definition) is 2. The van der Waals surface area contributed by atoms with E-state index in [0.717, 1.165) is 13.1 Å². The van der Waals surface area contributed by atoms with E-state index >= 15 is 0 Å². The van der Waals surface area contributed by atoms with Gasteiger partial charge in [0, 0.05) is 6.42 Å². The molecule has 0 bridgehead atoms. The summed E-state index contributed by atoms with van der Waals surface area (Å²) in [6.45, 7) is 2.56. The Morgan fingerprint density at radius 2 is 1.92 bits per heavy atom. The van der Waals surface area contributed by atoms with Crippen molar-refractivity contribution in [2.24, 2.45) is 0 Å². The average molecular weight is 401 g/mol. The molecular weight excluding hydrogens is 378 g/mol. The molecule has 2 saturated heterocycles. The van der Waals surface area contributed by atoms with Crippen LogP contribution < -0.4 is 10.2 Å². The predicted octanol–water partition coefficient (Wildman–Crippen LogP) is -1.02. The number of carbonyl (C=O) groups excluding carboxylic acids is 2. The fraction of sp³-hybridized carbons (Fsp3) is 0.529. The number of carbonyl (C=O) groups is 2. The second-order valence-corrected chi connectivity index (χ2v) is 9.44. The molecule has 9 heteroatoms. The number of halogens is 1. The fourth-order valence-corrected chi connectivity index (χ4v) is 5.62. The lowest BCUT2D eigenvalue weighted by atomic mass is 10.2. The van der Waals surface area contributed by atoms with Crippen molar-refractivity contribution in [3.05, 3.63) is 34.9 Å². The highest BCUT2D eigenvalue weighted by molar-refractivity contribution is 7.91. The molecule has 1 aromatic carbocycles. The number of piperazine rings is 1. The van der Waals surface area contributed by atoms with Crippen LogP contribution in [0.15, 0.2) is 24.3 Å². The van der Waals surface area contributed by atoms with Gasteiger partial charge in [0.25, 0.3) is 5.91 Å². The lowest BCUT2D eigenvalue weighted by Gasteiger charge is -2.35. The van der Waals surface area contributed by atoms with E-state index in [1.54, 1.807) is 29.2 Å². The minimum Gasteiger partial charge on any atom is -0.343 e. The molecule has 2 aliphatic heterocycles. The highest BCUT2D eigenvalue weighted by Gasteiger charge is 2.37. The number of hydrogen-bond acceptors (Lipinski definition) is 4. The minimum absolute atomic E-state index is 0.0722. The van der Waals surface area contributed by atoms with E-state index in [9.17, 15) is 18.0 Å². The summed E-state index contributed by atoms with van der Waals surface area (Å²) in [6.07, 6.45) is 0.708. The Bertz CT molecular complexity index is 791. The highest BCUT2D eigenvalue weighted by atomic mass is 35.5. The van der Waals surface area contributed by atoms with Gasteiger partial charge in [0.05, 0.1) is 49.1 Å². The summed E-state index contributed by atoms with van der Waals surface area (Å²) >= 11 is 5.98. The molecule has 7 nitrogen and oxygen atoms in total. The summed E-state index contributed by atoms with van der Waals surface area (Å²) in [5.74, 6) is 0.0232. The smallest absolute Gasteiger partial charge is 0.253 e. The maximum Gasteiger partial charge on any atom is 0.253 e. The van der Waals surface area contributed by atoms with Crippen molar-refractivity contribution in [1.29, 1.82) is 0 Å². The van der Waals surface area contributed by atoms with Gasteiger partial charge in [0.15, 0.2) is 9.84 Å². The van der Waals surface area contributed by atoms with Gasteiger partial charge in [0.1, 0.15) is 11.8 Å². The molecule has 142 valence electrons. The van der Waals surface area contributed by atoms with Gasteiger partial charge >= 0.3 is 0 Å². The lowest BCUT2D eigenvalue weighted by Crippen LogP contribution is -3.18. The molecule has 0 spiro atoms. The van der Waals surface area contributed by atoms with E-state index in [0.29, 0.717) is 30.1 Å². The van der Waals surface area contributed by atoms with Crippen LogP contribution in [-0.4, -0.2) is 75.4 Å². The van der Waals surface area contributed by atoms with Crippen LogP contribution in [0.25, 0.3) is 0 Å². The Morgan fingerprint density at radius 3 is 2.54 bits per heavy atom. The number of amides is 2. The number of nitrogens with one attached hydrogen (secondary N) is 2. The van der Waals surface area contributed by atoms with Crippen LogP contribution in [0.4, 0.5) is 0 Å². The summed E-state index contributed by atoms with van der Waals surface area (Å²) < 4.78 is 23.2. The zero-order valence-electron chi connectivity index (χ0n) is 14.4. The molecule has 0 radical (unpaired) electrons. The molecule has 1 aromatic rings. The number of sulfone groups is 1. The van der Waals surface area contributed by atoms with Gasteiger partial charge in [-0.05, 0) is 12.1 Å². The van der Waals surface area contributed by atoms with Crippen LogP contribution in [0.5, 0.6) is 0 Å². The standard InChI is InChI=1S/C17H22ClN3O4S/c18-15-4-2-1-3-14(15)17(23)19-11-16(22)21-8-6-20(7-9-21)13-5-10-26(24,25)12-13/h1-4,13H,5-12H2,(H,19,23)/p+1/t13-/m0/s1. The molecule has 2 fully saturated rings. The largest absolute Gasteiger partial charge is 0.343 e. The van der Waals surface area contributed by atoms with Crippen LogP contribution in [-0.2, 0) is 14.6 Å². The third kappa shape index (κ3) is 4.55. The van der Waals surface area contributed by atoms with Crippen molar-refractivity contribution in [1.82, 2.24) is 10.2 Å². The summed E-state index contributed by atoms with van der Waals surface area (Å²) in [5, 5.41) is 2.96. The molecule has 2 amide bonds. The van der Waals surface area contributed by atoms with Gasteiger partial charge in [-0.25, -0.2) is 8.42 Å². The molecule has 0 aromatic heterocycles. The molecule has 2 N–H and O–H groups in total. The topological polar surface area (TPSA) is 88.0 Å². The highest BCUT2D eigenvalue weighted by Crippen LogP contribution is 2.14. The zero-order chi connectivity index (χ0) is 18.7. The first-order valence-electron chi connectivity index (χ1n) is 8.71. The number of benzene rings is 1. The van der Waals surface area contributed by atoms with E-state index in [2.05, 4.69) is 5.32 Å². The van der Waals surface area contributed by atoms with Crippen LogP contribution in [0.1, 0.15) is 16.8 Å². The van der Waals surface area contributed by atoms with Crippen molar-refractivity contribution in [3.63, 3.8) is 0 Å². The van der Waals surface area contributed by atoms with Gasteiger partial charge < -0.3 is 15.1 Å². The molecule has 3 rings (SSSR count). The molecular formula is C17H23ClN3O4S+. The SMILES string of the molecule is O=C(NCC(=O)N1CC[NH+]([C@H]2CCS(=O)(=O)C2)CC1)c1ccccc1Cl. The molecule has 2 aliphatic rings. The Balaban J connectivity index is 1.45. The number of quaternary nitrogens is 1. The first kappa shape index (κ1) is 19.1. The predicted molar refractivity (Wildman–Crippen MR) is 98.1 cm³/mol.